The molecule has 0 aromatic heterocycles. The number of hydrogen-bond acceptors (Lipinski definition) is 1. The fourth-order valence-corrected chi connectivity index (χ4v) is 2.39. The zero-order valence-corrected chi connectivity index (χ0v) is 12.8. The molecular weight excluding hydrogens is 256 g/mol. The molecule has 0 radical (unpaired) electrons. The van der Waals surface area contributed by atoms with E-state index in [1.165, 1.54) is 5.56 Å². The topological polar surface area (TPSA) is 9.23 Å². The summed E-state index contributed by atoms with van der Waals surface area (Å²) in [6, 6.07) is 20.9. The molecule has 21 heavy (non-hydrogen) atoms. The minimum atomic E-state index is -0.395. The van der Waals surface area contributed by atoms with Crippen LogP contribution in [0.3, 0.4) is 0 Å². The third-order valence-electron chi connectivity index (χ3n) is 3.84. The Hall–Kier alpha value is -1.86. The Morgan fingerprint density at radius 1 is 0.952 bits per heavy atom. The average Bonchev–Trinajstić information content (AvgIpc) is 2.56. The van der Waals surface area contributed by atoms with Gasteiger partial charge in [0.25, 0.3) is 0 Å². The van der Waals surface area contributed by atoms with Crippen LogP contribution in [0.4, 0.5) is 0 Å². The van der Waals surface area contributed by atoms with Crippen molar-refractivity contribution in [1.82, 2.24) is 0 Å². The summed E-state index contributed by atoms with van der Waals surface area (Å²) < 4.78 is 6.08. The summed E-state index contributed by atoms with van der Waals surface area (Å²) in [5.74, 6) is 0. The van der Waals surface area contributed by atoms with E-state index in [0.29, 0.717) is 0 Å². The zero-order chi connectivity index (χ0) is 15.0. The molecular formula is C20H24O. The van der Waals surface area contributed by atoms with Crippen molar-refractivity contribution in [1.29, 1.82) is 0 Å². The summed E-state index contributed by atoms with van der Waals surface area (Å²) in [4.78, 5) is 0. The van der Waals surface area contributed by atoms with E-state index in [4.69, 9.17) is 4.74 Å². The highest BCUT2D eigenvalue weighted by Crippen LogP contribution is 2.26. The van der Waals surface area contributed by atoms with Gasteiger partial charge in [-0.1, -0.05) is 73.3 Å². The molecule has 1 heteroatoms. The maximum atomic E-state index is 6.08. The number of unbranched alkanes of at least 4 members (excludes halogenated alkanes) is 1. The van der Waals surface area contributed by atoms with E-state index in [0.717, 1.165) is 31.4 Å². The highest BCUT2D eigenvalue weighted by atomic mass is 16.5. The normalized spacial score (nSPS) is 13.6. The van der Waals surface area contributed by atoms with E-state index in [-0.39, 0.29) is 0 Å². The van der Waals surface area contributed by atoms with Crippen LogP contribution < -0.4 is 0 Å². The predicted octanol–water partition coefficient (Wildman–Crippen LogP) is 5.13. The van der Waals surface area contributed by atoms with Crippen LogP contribution in [-0.2, 0) is 16.8 Å². The molecule has 110 valence electrons. The number of benzene rings is 2. The van der Waals surface area contributed by atoms with Crippen molar-refractivity contribution < 1.29 is 4.74 Å². The zero-order valence-electron chi connectivity index (χ0n) is 12.8. The number of ether oxygens (including phenoxy) is 1. The second-order valence-electron chi connectivity index (χ2n) is 5.47. The van der Waals surface area contributed by atoms with E-state index < -0.39 is 5.60 Å². The van der Waals surface area contributed by atoms with Gasteiger partial charge in [-0.2, -0.15) is 0 Å². The molecule has 0 bridgehead atoms. The lowest BCUT2D eigenvalue weighted by atomic mass is 9.96. The molecule has 0 aliphatic heterocycles. The molecule has 0 fully saturated rings. The average molecular weight is 280 g/mol. The molecule has 0 spiro atoms. The van der Waals surface area contributed by atoms with Crippen molar-refractivity contribution in [3.63, 3.8) is 0 Å². The maximum Gasteiger partial charge on any atom is 0.108 e. The predicted molar refractivity (Wildman–Crippen MR) is 89.3 cm³/mol. The third kappa shape index (κ3) is 4.57. The molecule has 0 amide bonds. The van der Waals surface area contributed by atoms with Crippen molar-refractivity contribution in [2.45, 2.75) is 31.8 Å². The summed E-state index contributed by atoms with van der Waals surface area (Å²) in [7, 11) is 0. The molecule has 0 heterocycles. The number of aryl methyl sites for hydroxylation is 1. The summed E-state index contributed by atoms with van der Waals surface area (Å²) in [6.07, 6.45) is 5.21. The van der Waals surface area contributed by atoms with Crippen LogP contribution in [0.2, 0.25) is 0 Å². The molecule has 2 aromatic carbocycles. The van der Waals surface area contributed by atoms with Gasteiger partial charge in [-0.15, -0.1) is 0 Å². The van der Waals surface area contributed by atoms with E-state index in [2.05, 4.69) is 56.0 Å². The quantitative estimate of drug-likeness (QED) is 0.481. The molecule has 1 nitrogen and oxygen atoms in total. The molecule has 0 N–H and O–H groups in total. The lowest BCUT2D eigenvalue weighted by Crippen LogP contribution is -2.23. The van der Waals surface area contributed by atoms with Crippen LogP contribution in [0.15, 0.2) is 73.3 Å². The SMILES string of the molecule is C=CC(C)(OCCCCc1ccccc1)c1ccccc1. The fraction of sp³-hybridized carbons (Fsp3) is 0.300. The van der Waals surface area contributed by atoms with Gasteiger partial charge in [0.15, 0.2) is 0 Å². The first-order valence-electron chi connectivity index (χ1n) is 7.61. The van der Waals surface area contributed by atoms with E-state index in [1.54, 1.807) is 0 Å². The standard InChI is InChI=1S/C20H24O/c1-3-20(2,19-15-8-5-9-16-19)21-17-11-10-14-18-12-6-4-7-13-18/h3-9,12-13,15-16H,1,10-11,14,17H2,2H3. The monoisotopic (exact) mass is 280 g/mol. The smallest absolute Gasteiger partial charge is 0.108 e. The van der Waals surface area contributed by atoms with Crippen molar-refractivity contribution in [2.75, 3.05) is 6.61 Å². The second-order valence-corrected chi connectivity index (χ2v) is 5.47. The lowest BCUT2D eigenvalue weighted by molar-refractivity contribution is 0.000388. The molecule has 2 rings (SSSR count). The summed E-state index contributed by atoms with van der Waals surface area (Å²) >= 11 is 0. The fourth-order valence-electron chi connectivity index (χ4n) is 2.39. The van der Waals surface area contributed by atoms with E-state index in [9.17, 15) is 0 Å². The van der Waals surface area contributed by atoms with Crippen LogP contribution in [0.5, 0.6) is 0 Å². The highest BCUT2D eigenvalue weighted by molar-refractivity contribution is 5.25. The van der Waals surface area contributed by atoms with E-state index in [1.807, 2.05) is 24.3 Å². The Bertz CT molecular complexity index is 532. The van der Waals surface area contributed by atoms with Crippen molar-refractivity contribution >= 4 is 0 Å². The van der Waals surface area contributed by atoms with Gasteiger partial charge in [-0.05, 0) is 37.3 Å². The van der Waals surface area contributed by atoms with Crippen LogP contribution in [0.25, 0.3) is 0 Å². The third-order valence-corrected chi connectivity index (χ3v) is 3.84. The summed E-state index contributed by atoms with van der Waals surface area (Å²) in [5.41, 5.74) is 2.16. The molecule has 0 saturated heterocycles. The second kappa shape index (κ2) is 7.80. The van der Waals surface area contributed by atoms with Crippen molar-refractivity contribution in [3.05, 3.63) is 84.4 Å². The summed E-state index contributed by atoms with van der Waals surface area (Å²) in [5, 5.41) is 0. The Kier molecular flexibility index (Phi) is 5.77. The van der Waals surface area contributed by atoms with Gasteiger partial charge in [-0.3, -0.25) is 0 Å². The molecule has 1 atom stereocenters. The van der Waals surface area contributed by atoms with Gasteiger partial charge in [0.05, 0.1) is 0 Å². The minimum absolute atomic E-state index is 0.395. The molecule has 1 unspecified atom stereocenters. The van der Waals surface area contributed by atoms with Gasteiger partial charge < -0.3 is 4.74 Å². The Labute approximate surface area is 128 Å². The molecule has 2 aromatic rings. The Morgan fingerprint density at radius 3 is 2.19 bits per heavy atom. The van der Waals surface area contributed by atoms with Gasteiger partial charge in [0.2, 0.25) is 0 Å². The largest absolute Gasteiger partial charge is 0.366 e. The Morgan fingerprint density at radius 2 is 1.57 bits per heavy atom. The first-order chi connectivity index (χ1) is 10.2. The number of hydrogen-bond donors (Lipinski definition) is 0. The minimum Gasteiger partial charge on any atom is -0.366 e. The lowest BCUT2D eigenvalue weighted by Gasteiger charge is -2.27. The highest BCUT2D eigenvalue weighted by Gasteiger charge is 2.22. The van der Waals surface area contributed by atoms with Crippen LogP contribution in [-0.4, -0.2) is 6.61 Å². The van der Waals surface area contributed by atoms with Gasteiger partial charge in [0, 0.05) is 6.61 Å². The van der Waals surface area contributed by atoms with Crippen LogP contribution in [0.1, 0.15) is 30.9 Å². The molecule has 0 saturated carbocycles. The molecule has 0 aliphatic carbocycles. The Balaban J connectivity index is 1.78. The van der Waals surface area contributed by atoms with E-state index >= 15 is 0 Å². The van der Waals surface area contributed by atoms with Gasteiger partial charge >= 0.3 is 0 Å². The summed E-state index contributed by atoms with van der Waals surface area (Å²) in [6.45, 7) is 6.76. The molecule has 0 aliphatic rings. The first-order valence-corrected chi connectivity index (χ1v) is 7.61. The first kappa shape index (κ1) is 15.5. The number of rotatable bonds is 8. The van der Waals surface area contributed by atoms with Crippen molar-refractivity contribution in [2.24, 2.45) is 0 Å². The van der Waals surface area contributed by atoms with Crippen molar-refractivity contribution in [3.8, 4) is 0 Å². The van der Waals surface area contributed by atoms with Gasteiger partial charge in [0.1, 0.15) is 5.60 Å². The maximum absolute atomic E-state index is 6.08. The van der Waals surface area contributed by atoms with Gasteiger partial charge in [-0.25, -0.2) is 0 Å². The van der Waals surface area contributed by atoms with Crippen LogP contribution >= 0.6 is 0 Å². The van der Waals surface area contributed by atoms with Crippen LogP contribution in [0, 0.1) is 0 Å².